The molecule has 0 aliphatic carbocycles. The molecular weight excluding hydrogens is 292 g/mol. The number of hydrogen-bond acceptors (Lipinski definition) is 2. The zero-order valence-corrected chi connectivity index (χ0v) is 13.7. The van der Waals surface area contributed by atoms with Gasteiger partial charge in [0.15, 0.2) is 0 Å². The van der Waals surface area contributed by atoms with E-state index in [4.69, 9.17) is 0 Å². The van der Waals surface area contributed by atoms with Crippen LogP contribution in [0.15, 0.2) is 60.7 Å². The van der Waals surface area contributed by atoms with Crippen LogP contribution in [-0.2, 0) is 0 Å². The molecule has 0 saturated carbocycles. The van der Waals surface area contributed by atoms with Gasteiger partial charge < -0.3 is 10.6 Å². The van der Waals surface area contributed by atoms with Crippen LogP contribution < -0.4 is 10.6 Å². The molecule has 0 unspecified atom stereocenters. The summed E-state index contributed by atoms with van der Waals surface area (Å²) >= 11 is 0. The summed E-state index contributed by atoms with van der Waals surface area (Å²) in [5, 5.41) is 7.23. The Bertz CT molecular complexity index is 484. The van der Waals surface area contributed by atoms with Crippen LogP contribution in [0.4, 0.5) is 0 Å². The minimum Gasteiger partial charge on any atom is -0.317 e. The van der Waals surface area contributed by atoms with E-state index in [-0.39, 0.29) is 12.4 Å². The van der Waals surface area contributed by atoms with Gasteiger partial charge in [0.1, 0.15) is 0 Å². The molecule has 3 rings (SSSR count). The Balaban J connectivity index is 0.00000176. The van der Waals surface area contributed by atoms with E-state index < -0.39 is 0 Å². The van der Waals surface area contributed by atoms with Gasteiger partial charge in [0.05, 0.1) is 6.04 Å². The van der Waals surface area contributed by atoms with E-state index in [1.165, 1.54) is 24.0 Å². The van der Waals surface area contributed by atoms with Crippen molar-refractivity contribution >= 4 is 12.4 Å². The van der Waals surface area contributed by atoms with Crippen molar-refractivity contribution < 1.29 is 0 Å². The molecule has 1 aliphatic heterocycles. The lowest BCUT2D eigenvalue weighted by Crippen LogP contribution is -2.35. The van der Waals surface area contributed by atoms with E-state index in [1.807, 2.05) is 0 Å². The van der Waals surface area contributed by atoms with Crippen molar-refractivity contribution in [1.29, 1.82) is 0 Å². The van der Waals surface area contributed by atoms with E-state index in [0.717, 1.165) is 25.6 Å². The average molecular weight is 317 g/mol. The van der Waals surface area contributed by atoms with Crippen LogP contribution in [0.2, 0.25) is 0 Å². The fourth-order valence-corrected chi connectivity index (χ4v) is 3.09. The van der Waals surface area contributed by atoms with Gasteiger partial charge in [0.2, 0.25) is 0 Å². The van der Waals surface area contributed by atoms with Crippen molar-refractivity contribution in [3.05, 3.63) is 71.8 Å². The zero-order chi connectivity index (χ0) is 14.3. The lowest BCUT2D eigenvalue weighted by Gasteiger charge is -2.26. The van der Waals surface area contributed by atoms with Crippen LogP contribution in [0.3, 0.4) is 0 Å². The highest BCUT2D eigenvalue weighted by Gasteiger charge is 2.17. The number of halogens is 1. The van der Waals surface area contributed by atoms with Gasteiger partial charge in [-0.25, -0.2) is 0 Å². The normalized spacial score (nSPS) is 15.5. The lowest BCUT2D eigenvalue weighted by molar-refractivity contribution is 0.348. The molecule has 2 nitrogen and oxygen atoms in total. The smallest absolute Gasteiger partial charge is 0.0576 e. The second-order valence-electron chi connectivity index (χ2n) is 5.86. The summed E-state index contributed by atoms with van der Waals surface area (Å²) in [6.45, 7) is 3.41. The molecule has 1 saturated heterocycles. The molecule has 1 aliphatic rings. The number of hydrogen-bond donors (Lipinski definition) is 2. The fourth-order valence-electron chi connectivity index (χ4n) is 3.09. The zero-order valence-electron chi connectivity index (χ0n) is 12.9. The third kappa shape index (κ3) is 4.57. The Morgan fingerprint density at radius 2 is 1.36 bits per heavy atom. The lowest BCUT2D eigenvalue weighted by atomic mass is 9.95. The summed E-state index contributed by atoms with van der Waals surface area (Å²) < 4.78 is 0. The molecular formula is C19H25ClN2. The Hall–Kier alpha value is -1.35. The van der Waals surface area contributed by atoms with Crippen LogP contribution >= 0.6 is 12.4 Å². The Morgan fingerprint density at radius 1 is 0.864 bits per heavy atom. The molecule has 2 aromatic carbocycles. The summed E-state index contributed by atoms with van der Waals surface area (Å²) in [4.78, 5) is 0. The van der Waals surface area contributed by atoms with Crippen LogP contribution in [0.1, 0.15) is 30.0 Å². The summed E-state index contributed by atoms with van der Waals surface area (Å²) in [5.41, 5.74) is 2.69. The van der Waals surface area contributed by atoms with Gasteiger partial charge in [-0.1, -0.05) is 60.7 Å². The molecule has 3 heteroatoms. The van der Waals surface area contributed by atoms with E-state index >= 15 is 0 Å². The van der Waals surface area contributed by atoms with E-state index in [0.29, 0.717) is 6.04 Å². The van der Waals surface area contributed by atoms with E-state index in [1.54, 1.807) is 0 Å². The molecule has 118 valence electrons. The summed E-state index contributed by atoms with van der Waals surface area (Å²) in [6, 6.07) is 21.8. The molecule has 22 heavy (non-hydrogen) atoms. The predicted octanol–water partition coefficient (Wildman–Crippen LogP) is 3.79. The molecule has 0 aromatic heterocycles. The third-order valence-corrected chi connectivity index (χ3v) is 4.34. The Kier molecular flexibility index (Phi) is 6.91. The summed E-state index contributed by atoms with van der Waals surface area (Å²) in [6.07, 6.45) is 2.56. The van der Waals surface area contributed by atoms with Crippen molar-refractivity contribution in [3.8, 4) is 0 Å². The standard InChI is InChI=1S/C19H24N2.ClH/c1-3-7-17(8-4-1)19(18-9-5-2-6-10-18)21-15-16-11-13-20-14-12-16;/h1-10,16,19-21H,11-15H2;1H. The van der Waals surface area contributed by atoms with E-state index in [9.17, 15) is 0 Å². The van der Waals surface area contributed by atoms with Gasteiger partial charge in [0.25, 0.3) is 0 Å². The topological polar surface area (TPSA) is 24.1 Å². The molecule has 0 spiro atoms. The van der Waals surface area contributed by atoms with Crippen molar-refractivity contribution in [3.63, 3.8) is 0 Å². The molecule has 0 atom stereocenters. The molecule has 1 fully saturated rings. The maximum absolute atomic E-state index is 3.79. The van der Waals surface area contributed by atoms with Gasteiger partial charge >= 0.3 is 0 Å². The number of benzene rings is 2. The first kappa shape index (κ1) is 17.0. The average Bonchev–Trinajstić information content (AvgIpc) is 2.58. The van der Waals surface area contributed by atoms with E-state index in [2.05, 4.69) is 71.3 Å². The molecule has 2 N–H and O–H groups in total. The molecule has 0 amide bonds. The third-order valence-electron chi connectivity index (χ3n) is 4.34. The van der Waals surface area contributed by atoms with Crippen LogP contribution in [0.5, 0.6) is 0 Å². The first-order chi connectivity index (χ1) is 10.4. The van der Waals surface area contributed by atoms with Gasteiger partial charge in [-0.15, -0.1) is 12.4 Å². The van der Waals surface area contributed by atoms with Gasteiger partial charge in [-0.3, -0.25) is 0 Å². The number of rotatable bonds is 5. The second-order valence-corrected chi connectivity index (χ2v) is 5.86. The number of piperidine rings is 1. The molecule has 0 bridgehead atoms. The van der Waals surface area contributed by atoms with Crippen LogP contribution in [0, 0.1) is 5.92 Å². The Labute approximate surface area is 139 Å². The monoisotopic (exact) mass is 316 g/mol. The predicted molar refractivity (Wildman–Crippen MR) is 95.6 cm³/mol. The maximum atomic E-state index is 3.79. The molecule has 1 heterocycles. The highest BCUT2D eigenvalue weighted by molar-refractivity contribution is 5.85. The number of nitrogens with one attached hydrogen (secondary N) is 2. The van der Waals surface area contributed by atoms with Crippen LogP contribution in [0.25, 0.3) is 0 Å². The minimum absolute atomic E-state index is 0. The largest absolute Gasteiger partial charge is 0.317 e. The van der Waals surface area contributed by atoms with Gasteiger partial charge in [0, 0.05) is 0 Å². The first-order valence-corrected chi connectivity index (χ1v) is 7.97. The highest BCUT2D eigenvalue weighted by Crippen LogP contribution is 2.22. The van der Waals surface area contributed by atoms with Crippen molar-refractivity contribution in [2.75, 3.05) is 19.6 Å². The summed E-state index contributed by atoms with van der Waals surface area (Å²) in [7, 11) is 0. The SMILES string of the molecule is Cl.c1ccc(C(NCC2CCNCC2)c2ccccc2)cc1. The van der Waals surface area contributed by atoms with Crippen molar-refractivity contribution in [2.24, 2.45) is 5.92 Å². The van der Waals surface area contributed by atoms with Crippen LogP contribution in [-0.4, -0.2) is 19.6 Å². The highest BCUT2D eigenvalue weighted by atomic mass is 35.5. The molecule has 0 radical (unpaired) electrons. The minimum atomic E-state index is 0. The van der Waals surface area contributed by atoms with Gasteiger partial charge in [-0.2, -0.15) is 0 Å². The summed E-state index contributed by atoms with van der Waals surface area (Å²) in [5.74, 6) is 0.793. The molecule has 2 aromatic rings. The fraction of sp³-hybridized carbons (Fsp3) is 0.368. The van der Waals surface area contributed by atoms with Crippen molar-refractivity contribution in [1.82, 2.24) is 10.6 Å². The first-order valence-electron chi connectivity index (χ1n) is 7.97. The quantitative estimate of drug-likeness (QED) is 0.877. The van der Waals surface area contributed by atoms with Crippen molar-refractivity contribution in [2.45, 2.75) is 18.9 Å². The van der Waals surface area contributed by atoms with Gasteiger partial charge in [-0.05, 0) is 49.5 Å². The second kappa shape index (κ2) is 8.94. The Morgan fingerprint density at radius 3 is 1.86 bits per heavy atom. The maximum Gasteiger partial charge on any atom is 0.0576 e.